The monoisotopic (exact) mass is 311 g/mol. The smallest absolute Gasteiger partial charge is 0.208 e. The number of halogens is 1. The minimum absolute atomic E-state index is 0.137. The second-order valence-corrected chi connectivity index (χ2v) is 6.47. The van der Waals surface area contributed by atoms with Crippen LogP contribution >= 0.6 is 23.1 Å². The molecule has 0 fully saturated rings. The van der Waals surface area contributed by atoms with Gasteiger partial charge in [-0.2, -0.15) is 0 Å². The molecule has 1 aromatic heterocycles. The fourth-order valence-corrected chi connectivity index (χ4v) is 3.17. The molecule has 0 aliphatic heterocycles. The molecule has 3 N–H and O–H groups in total. The number of nitrogens with one attached hydrogen (secondary N) is 1. The molecule has 0 amide bonds. The Hall–Kier alpha value is -1.67. The Morgan fingerprint density at radius 3 is 2.75 bits per heavy atom. The Labute approximate surface area is 124 Å². The van der Waals surface area contributed by atoms with Gasteiger partial charge in [0.25, 0.3) is 0 Å². The van der Waals surface area contributed by atoms with Crippen LogP contribution < -0.4 is 10.6 Å². The summed E-state index contributed by atoms with van der Waals surface area (Å²) in [5, 5.41) is 16.3. The molecule has 0 aliphatic rings. The molecule has 0 bridgehead atoms. The van der Waals surface area contributed by atoms with E-state index in [-0.39, 0.29) is 11.7 Å². The Bertz CT molecular complexity index is 626. The molecule has 8 heteroatoms. The van der Waals surface area contributed by atoms with Crippen LogP contribution in [0.1, 0.15) is 11.1 Å². The number of hydrogen-bond donors (Lipinski definition) is 2. The molecule has 0 spiro atoms. The van der Waals surface area contributed by atoms with Gasteiger partial charge in [-0.05, 0) is 23.8 Å². The standard InChI is InChI=1S/C12H14FN5S2/c1-18(2)11-16-17-12(20-11)19-6-7-3-8(10(14)15)5-9(13)4-7/h3-5H,6H2,1-2H3,(H3,14,15). The SMILES string of the molecule is CN(C)c1nnc(SCc2cc(F)cc(C(=N)N)c2)s1. The van der Waals surface area contributed by atoms with Gasteiger partial charge in [0.2, 0.25) is 5.13 Å². The van der Waals surface area contributed by atoms with Crippen LogP contribution in [0.25, 0.3) is 0 Å². The van der Waals surface area contributed by atoms with E-state index >= 15 is 0 Å². The van der Waals surface area contributed by atoms with E-state index in [2.05, 4.69) is 10.2 Å². The number of anilines is 1. The molecular formula is C12H14FN5S2. The highest BCUT2D eigenvalue weighted by molar-refractivity contribution is 8.00. The second kappa shape index (κ2) is 6.19. The molecule has 0 saturated heterocycles. The average Bonchev–Trinajstić information content (AvgIpc) is 2.84. The number of nitrogen functional groups attached to an aromatic ring is 1. The minimum atomic E-state index is -0.389. The van der Waals surface area contributed by atoms with E-state index < -0.39 is 0 Å². The summed E-state index contributed by atoms with van der Waals surface area (Å²) in [4.78, 5) is 1.89. The van der Waals surface area contributed by atoms with E-state index in [9.17, 15) is 4.39 Å². The van der Waals surface area contributed by atoms with Crippen molar-refractivity contribution in [3.05, 3.63) is 35.1 Å². The van der Waals surface area contributed by atoms with Crippen LogP contribution in [-0.4, -0.2) is 30.1 Å². The number of rotatable bonds is 5. The van der Waals surface area contributed by atoms with Gasteiger partial charge in [0.1, 0.15) is 11.7 Å². The number of aromatic nitrogens is 2. The van der Waals surface area contributed by atoms with Gasteiger partial charge in [-0.25, -0.2) is 4.39 Å². The zero-order chi connectivity index (χ0) is 14.7. The summed E-state index contributed by atoms with van der Waals surface area (Å²) in [7, 11) is 3.81. The van der Waals surface area contributed by atoms with Crippen molar-refractivity contribution >= 4 is 34.1 Å². The number of hydrogen-bond acceptors (Lipinski definition) is 6. The van der Waals surface area contributed by atoms with Crippen molar-refractivity contribution < 1.29 is 4.39 Å². The lowest BCUT2D eigenvalue weighted by molar-refractivity contribution is 0.626. The maximum Gasteiger partial charge on any atom is 0.208 e. The highest BCUT2D eigenvalue weighted by Gasteiger charge is 2.08. The summed E-state index contributed by atoms with van der Waals surface area (Å²) < 4.78 is 14.3. The van der Waals surface area contributed by atoms with Gasteiger partial charge < -0.3 is 10.6 Å². The Kier molecular flexibility index (Phi) is 4.56. The van der Waals surface area contributed by atoms with Crippen LogP contribution in [0.4, 0.5) is 9.52 Å². The van der Waals surface area contributed by atoms with Gasteiger partial charge in [-0.3, -0.25) is 5.41 Å². The summed E-state index contributed by atoms with van der Waals surface area (Å²) in [6.07, 6.45) is 0. The first kappa shape index (κ1) is 14.7. The molecule has 1 aromatic carbocycles. The van der Waals surface area contributed by atoms with Crippen molar-refractivity contribution in [2.45, 2.75) is 10.1 Å². The number of amidine groups is 1. The zero-order valence-corrected chi connectivity index (χ0v) is 12.7. The molecule has 2 rings (SSSR count). The van der Waals surface area contributed by atoms with Gasteiger partial charge in [0.05, 0.1) is 0 Å². The third kappa shape index (κ3) is 3.67. The van der Waals surface area contributed by atoms with Crippen LogP contribution in [-0.2, 0) is 5.75 Å². The molecule has 1 heterocycles. The van der Waals surface area contributed by atoms with E-state index in [1.807, 2.05) is 19.0 Å². The van der Waals surface area contributed by atoms with Gasteiger partial charge in [0, 0.05) is 25.4 Å². The maximum absolute atomic E-state index is 13.4. The predicted molar refractivity (Wildman–Crippen MR) is 81.2 cm³/mol. The summed E-state index contributed by atoms with van der Waals surface area (Å²) in [5.41, 5.74) is 6.54. The molecule has 5 nitrogen and oxygen atoms in total. The van der Waals surface area contributed by atoms with Crippen molar-refractivity contribution in [1.82, 2.24) is 10.2 Å². The Balaban J connectivity index is 2.08. The third-order valence-electron chi connectivity index (χ3n) is 2.41. The molecule has 0 atom stereocenters. The molecule has 0 aliphatic carbocycles. The summed E-state index contributed by atoms with van der Waals surface area (Å²) in [6.45, 7) is 0. The van der Waals surface area contributed by atoms with Crippen molar-refractivity contribution in [2.24, 2.45) is 5.73 Å². The summed E-state index contributed by atoms with van der Waals surface area (Å²) in [5.74, 6) is 0.0289. The van der Waals surface area contributed by atoms with Crippen LogP contribution in [0.5, 0.6) is 0 Å². The third-order valence-corrected chi connectivity index (χ3v) is 4.70. The fraction of sp³-hybridized carbons (Fsp3) is 0.250. The average molecular weight is 311 g/mol. The number of benzene rings is 1. The number of nitrogens with zero attached hydrogens (tertiary/aromatic N) is 3. The Morgan fingerprint density at radius 1 is 1.40 bits per heavy atom. The van der Waals surface area contributed by atoms with Gasteiger partial charge >= 0.3 is 0 Å². The molecule has 106 valence electrons. The van der Waals surface area contributed by atoms with Gasteiger partial charge in [-0.15, -0.1) is 10.2 Å². The lowest BCUT2D eigenvalue weighted by Gasteiger charge is -2.04. The summed E-state index contributed by atoms with van der Waals surface area (Å²) in [6, 6.07) is 4.41. The van der Waals surface area contributed by atoms with E-state index in [0.29, 0.717) is 11.3 Å². The normalized spacial score (nSPS) is 10.6. The molecular weight excluding hydrogens is 297 g/mol. The highest BCUT2D eigenvalue weighted by Crippen LogP contribution is 2.29. The van der Waals surface area contributed by atoms with Crippen LogP contribution in [0.15, 0.2) is 22.5 Å². The molecule has 0 radical (unpaired) electrons. The van der Waals surface area contributed by atoms with E-state index in [1.54, 1.807) is 6.07 Å². The second-order valence-electron chi connectivity index (χ2n) is 4.30. The summed E-state index contributed by atoms with van der Waals surface area (Å²) >= 11 is 2.96. The first-order valence-electron chi connectivity index (χ1n) is 5.73. The van der Waals surface area contributed by atoms with Crippen molar-refractivity contribution in [2.75, 3.05) is 19.0 Å². The minimum Gasteiger partial charge on any atom is -0.384 e. The van der Waals surface area contributed by atoms with Crippen molar-refractivity contribution in [1.29, 1.82) is 5.41 Å². The van der Waals surface area contributed by atoms with Crippen LogP contribution in [0.2, 0.25) is 0 Å². The zero-order valence-electron chi connectivity index (χ0n) is 11.1. The molecule has 2 aromatic rings. The topological polar surface area (TPSA) is 78.9 Å². The predicted octanol–water partition coefficient (Wildman–Crippen LogP) is 2.32. The van der Waals surface area contributed by atoms with Crippen LogP contribution in [0, 0.1) is 11.2 Å². The number of thioether (sulfide) groups is 1. The lowest BCUT2D eigenvalue weighted by Crippen LogP contribution is -2.11. The quantitative estimate of drug-likeness (QED) is 0.503. The van der Waals surface area contributed by atoms with Crippen LogP contribution in [0.3, 0.4) is 0 Å². The molecule has 20 heavy (non-hydrogen) atoms. The van der Waals surface area contributed by atoms with E-state index in [0.717, 1.165) is 15.0 Å². The fourth-order valence-electron chi connectivity index (χ4n) is 1.48. The van der Waals surface area contributed by atoms with E-state index in [1.165, 1.54) is 35.2 Å². The first-order chi connectivity index (χ1) is 9.45. The highest BCUT2D eigenvalue weighted by atomic mass is 32.2. The van der Waals surface area contributed by atoms with Gasteiger partial charge in [0.15, 0.2) is 4.34 Å². The molecule has 0 unspecified atom stereocenters. The van der Waals surface area contributed by atoms with Gasteiger partial charge in [-0.1, -0.05) is 23.1 Å². The molecule has 0 saturated carbocycles. The number of nitrogens with two attached hydrogens (primary N) is 1. The van der Waals surface area contributed by atoms with E-state index in [4.69, 9.17) is 11.1 Å². The van der Waals surface area contributed by atoms with Crippen molar-refractivity contribution in [3.8, 4) is 0 Å². The lowest BCUT2D eigenvalue weighted by atomic mass is 10.1. The van der Waals surface area contributed by atoms with Crippen molar-refractivity contribution in [3.63, 3.8) is 0 Å². The largest absolute Gasteiger partial charge is 0.384 e. The Morgan fingerprint density at radius 2 is 2.15 bits per heavy atom. The maximum atomic E-state index is 13.4. The first-order valence-corrected chi connectivity index (χ1v) is 7.53.